The fourth-order valence-corrected chi connectivity index (χ4v) is 4.98. The number of hydrogen-bond donors (Lipinski definition) is 2. The van der Waals surface area contributed by atoms with Crippen molar-refractivity contribution in [2.75, 3.05) is 18.0 Å². The molecule has 32 heavy (non-hydrogen) atoms. The zero-order chi connectivity index (χ0) is 21.9. The number of nitrogens with one attached hydrogen (secondary N) is 1. The molecule has 0 aliphatic carbocycles. The molecule has 5 heterocycles. The molecule has 1 saturated heterocycles. The number of aromatic amines is 1. The summed E-state index contributed by atoms with van der Waals surface area (Å²) in [5.41, 5.74) is 8.09. The summed E-state index contributed by atoms with van der Waals surface area (Å²) in [7, 11) is 0. The highest BCUT2D eigenvalue weighted by Gasteiger charge is 2.30. The number of rotatable bonds is 6. The third kappa shape index (κ3) is 3.81. The largest absolute Gasteiger partial charge is 0.404 e. The van der Waals surface area contributed by atoms with Crippen LogP contribution in [0.4, 0.5) is 5.82 Å². The first-order valence-electron chi connectivity index (χ1n) is 10.5. The molecule has 2 atom stereocenters. The summed E-state index contributed by atoms with van der Waals surface area (Å²) in [6.07, 6.45) is 7.89. The SMILES string of the molecule is N#CCC(N=CC(=CN)c1ncnc2[nH]ccc12)C1CCN(c2ccc3ccsc3n2)C1. The number of hydrogen-bond acceptors (Lipinski definition) is 8. The van der Waals surface area contributed by atoms with Gasteiger partial charge < -0.3 is 15.6 Å². The number of aliphatic imine (C=N–C) groups is 1. The van der Waals surface area contributed by atoms with Gasteiger partial charge >= 0.3 is 0 Å². The fraction of sp³-hybridized carbons (Fsp3) is 0.261. The number of nitriles is 1. The lowest BCUT2D eigenvalue weighted by Gasteiger charge is -2.20. The number of H-pyrrole nitrogens is 1. The molecule has 4 aromatic heterocycles. The lowest BCUT2D eigenvalue weighted by molar-refractivity contribution is 0.468. The van der Waals surface area contributed by atoms with Gasteiger partial charge in [0.2, 0.25) is 0 Å². The molecule has 5 rings (SSSR count). The van der Waals surface area contributed by atoms with Crippen molar-refractivity contribution >= 4 is 50.2 Å². The number of nitrogens with two attached hydrogens (primary N) is 1. The fourth-order valence-electron chi connectivity index (χ4n) is 4.22. The predicted octanol–water partition coefficient (Wildman–Crippen LogP) is 3.75. The lowest BCUT2D eigenvalue weighted by Crippen LogP contribution is -2.25. The second-order valence-corrected chi connectivity index (χ2v) is 8.67. The normalized spacial score (nSPS) is 18.0. The van der Waals surface area contributed by atoms with E-state index < -0.39 is 0 Å². The summed E-state index contributed by atoms with van der Waals surface area (Å²) in [5, 5.41) is 13.5. The van der Waals surface area contributed by atoms with Gasteiger partial charge in [-0.05, 0) is 36.1 Å². The Bertz CT molecular complexity index is 1340. The minimum absolute atomic E-state index is 0.117. The summed E-state index contributed by atoms with van der Waals surface area (Å²) in [4.78, 5) is 24.6. The van der Waals surface area contributed by atoms with E-state index in [1.54, 1.807) is 17.6 Å². The lowest BCUT2D eigenvalue weighted by atomic mass is 9.97. The molecule has 4 aromatic rings. The second kappa shape index (κ2) is 8.77. The van der Waals surface area contributed by atoms with Gasteiger partial charge in [0.25, 0.3) is 0 Å². The van der Waals surface area contributed by atoms with Crippen LogP contribution in [0.15, 0.2) is 53.4 Å². The van der Waals surface area contributed by atoms with E-state index in [0.29, 0.717) is 12.0 Å². The smallest absolute Gasteiger partial charge is 0.141 e. The summed E-state index contributed by atoms with van der Waals surface area (Å²) in [5.74, 6) is 1.25. The van der Waals surface area contributed by atoms with Crippen molar-refractivity contribution in [2.45, 2.75) is 18.9 Å². The van der Waals surface area contributed by atoms with E-state index in [1.807, 2.05) is 12.3 Å². The average Bonchev–Trinajstić information content (AvgIpc) is 3.58. The molecule has 1 aliphatic heterocycles. The Morgan fingerprint density at radius 3 is 3.19 bits per heavy atom. The number of pyridine rings is 1. The minimum Gasteiger partial charge on any atom is -0.404 e. The van der Waals surface area contributed by atoms with Crippen molar-refractivity contribution in [1.82, 2.24) is 19.9 Å². The van der Waals surface area contributed by atoms with Crippen molar-refractivity contribution in [3.8, 4) is 6.07 Å². The average molecular weight is 443 g/mol. The zero-order valence-corrected chi connectivity index (χ0v) is 18.2. The molecule has 1 aliphatic rings. The highest BCUT2D eigenvalue weighted by atomic mass is 32.1. The highest BCUT2D eigenvalue weighted by molar-refractivity contribution is 7.16. The number of nitrogens with zero attached hydrogens (tertiary/aromatic N) is 6. The Hall–Kier alpha value is -3.77. The van der Waals surface area contributed by atoms with Gasteiger partial charge in [-0.3, -0.25) is 4.99 Å². The monoisotopic (exact) mass is 442 g/mol. The van der Waals surface area contributed by atoms with Crippen LogP contribution in [0.1, 0.15) is 18.5 Å². The Morgan fingerprint density at radius 1 is 1.38 bits per heavy atom. The predicted molar refractivity (Wildman–Crippen MR) is 129 cm³/mol. The molecule has 2 unspecified atom stereocenters. The van der Waals surface area contributed by atoms with Crippen molar-refractivity contribution in [1.29, 1.82) is 5.26 Å². The standard InChI is InChI=1S/C23H22N8S/c24-7-3-19(27-12-17(11-25)21-18-4-8-26-22(18)29-14-28-21)16-5-9-31(13-16)20-2-1-15-6-10-32-23(15)30-20/h1-2,4,6,8,10-12,14,16,19H,3,5,9,13,25H2,(H,26,28,29). The molecule has 0 amide bonds. The highest BCUT2D eigenvalue weighted by Crippen LogP contribution is 2.30. The van der Waals surface area contributed by atoms with Crippen LogP contribution < -0.4 is 10.6 Å². The molecule has 8 nitrogen and oxygen atoms in total. The van der Waals surface area contributed by atoms with E-state index in [0.717, 1.165) is 46.9 Å². The molecule has 1 fully saturated rings. The van der Waals surface area contributed by atoms with E-state index in [4.69, 9.17) is 15.7 Å². The topological polar surface area (TPSA) is 120 Å². The van der Waals surface area contributed by atoms with Gasteiger partial charge in [0.05, 0.1) is 24.2 Å². The quantitative estimate of drug-likeness (QED) is 0.439. The Kier molecular flexibility index (Phi) is 5.52. The van der Waals surface area contributed by atoms with Crippen LogP contribution >= 0.6 is 11.3 Å². The third-order valence-corrected chi connectivity index (χ3v) is 6.73. The summed E-state index contributed by atoms with van der Waals surface area (Å²) in [6.45, 7) is 1.73. The maximum Gasteiger partial charge on any atom is 0.141 e. The van der Waals surface area contributed by atoms with Gasteiger partial charge in [0.15, 0.2) is 0 Å². The molecule has 9 heteroatoms. The van der Waals surface area contributed by atoms with Crippen LogP contribution in [0.2, 0.25) is 0 Å². The Labute approximate surface area is 189 Å². The van der Waals surface area contributed by atoms with Crippen LogP contribution in [-0.2, 0) is 0 Å². The summed E-state index contributed by atoms with van der Waals surface area (Å²) >= 11 is 1.65. The Morgan fingerprint density at radius 2 is 2.31 bits per heavy atom. The molecule has 3 N–H and O–H groups in total. The molecular weight excluding hydrogens is 420 g/mol. The molecule has 0 saturated carbocycles. The zero-order valence-electron chi connectivity index (χ0n) is 17.3. The van der Waals surface area contributed by atoms with Crippen molar-refractivity contribution in [3.05, 3.63) is 54.1 Å². The molecular formula is C23H22N8S. The number of thiophene rings is 1. The van der Waals surface area contributed by atoms with Crippen LogP contribution in [0, 0.1) is 17.2 Å². The molecule has 160 valence electrons. The first-order valence-corrected chi connectivity index (χ1v) is 11.3. The van der Waals surface area contributed by atoms with Crippen molar-refractivity contribution in [2.24, 2.45) is 16.6 Å². The van der Waals surface area contributed by atoms with E-state index in [1.165, 1.54) is 17.9 Å². The van der Waals surface area contributed by atoms with E-state index in [2.05, 4.69) is 49.5 Å². The maximum atomic E-state index is 9.42. The van der Waals surface area contributed by atoms with Gasteiger partial charge in [-0.2, -0.15) is 5.26 Å². The van der Waals surface area contributed by atoms with Crippen LogP contribution in [-0.4, -0.2) is 45.3 Å². The van der Waals surface area contributed by atoms with Gasteiger partial charge in [-0.15, -0.1) is 11.3 Å². The van der Waals surface area contributed by atoms with E-state index in [-0.39, 0.29) is 12.0 Å². The number of fused-ring (bicyclic) bond motifs is 2. The first kappa shape index (κ1) is 20.2. The van der Waals surface area contributed by atoms with Crippen molar-refractivity contribution in [3.63, 3.8) is 0 Å². The van der Waals surface area contributed by atoms with Crippen LogP contribution in [0.5, 0.6) is 0 Å². The first-order chi connectivity index (χ1) is 15.8. The summed E-state index contributed by atoms with van der Waals surface area (Å²) < 4.78 is 0. The van der Waals surface area contributed by atoms with E-state index in [9.17, 15) is 5.26 Å². The van der Waals surface area contributed by atoms with Gasteiger partial charge in [0, 0.05) is 54.0 Å². The Balaban J connectivity index is 1.34. The number of allylic oxidation sites excluding steroid dienone is 1. The number of aromatic nitrogens is 4. The minimum atomic E-state index is -0.117. The van der Waals surface area contributed by atoms with Gasteiger partial charge in [-0.25, -0.2) is 15.0 Å². The molecule has 0 bridgehead atoms. The maximum absolute atomic E-state index is 9.42. The second-order valence-electron chi connectivity index (χ2n) is 7.77. The van der Waals surface area contributed by atoms with Crippen LogP contribution in [0.25, 0.3) is 26.8 Å². The van der Waals surface area contributed by atoms with Crippen LogP contribution in [0.3, 0.4) is 0 Å². The molecule has 0 aromatic carbocycles. The number of anilines is 1. The summed E-state index contributed by atoms with van der Waals surface area (Å²) in [6, 6.07) is 10.4. The van der Waals surface area contributed by atoms with Gasteiger partial charge in [-0.1, -0.05) is 0 Å². The van der Waals surface area contributed by atoms with E-state index >= 15 is 0 Å². The molecule has 0 radical (unpaired) electrons. The van der Waals surface area contributed by atoms with Gasteiger partial charge in [0.1, 0.15) is 22.6 Å². The van der Waals surface area contributed by atoms with Crippen molar-refractivity contribution < 1.29 is 0 Å². The molecule has 0 spiro atoms. The third-order valence-electron chi connectivity index (χ3n) is 5.91.